The molecular formula is C14H12F2O3S. The van der Waals surface area contributed by atoms with Crippen molar-refractivity contribution in [2.24, 2.45) is 0 Å². The predicted molar refractivity (Wildman–Crippen MR) is 69.6 cm³/mol. The molecule has 0 bridgehead atoms. The highest BCUT2D eigenvalue weighted by Gasteiger charge is 2.20. The highest BCUT2D eigenvalue weighted by molar-refractivity contribution is 7.90. The first kappa shape index (κ1) is 14.6. The van der Waals surface area contributed by atoms with Crippen LogP contribution in [0.15, 0.2) is 47.4 Å². The van der Waals surface area contributed by atoms with E-state index in [2.05, 4.69) is 0 Å². The number of halogens is 2. The molecule has 20 heavy (non-hydrogen) atoms. The van der Waals surface area contributed by atoms with Crippen molar-refractivity contribution in [2.45, 2.75) is 17.3 Å². The third-order valence-corrected chi connectivity index (χ3v) is 4.50. The lowest BCUT2D eigenvalue weighted by Gasteiger charge is -2.08. The molecule has 0 aliphatic rings. The van der Waals surface area contributed by atoms with Crippen molar-refractivity contribution >= 4 is 9.84 Å². The second kappa shape index (κ2) is 5.68. The van der Waals surface area contributed by atoms with Gasteiger partial charge in [0.15, 0.2) is 9.84 Å². The zero-order valence-electron chi connectivity index (χ0n) is 10.4. The third kappa shape index (κ3) is 3.02. The van der Waals surface area contributed by atoms with Crippen LogP contribution in [0, 0.1) is 11.6 Å². The Hall–Kier alpha value is -1.79. The first-order valence-electron chi connectivity index (χ1n) is 5.79. The van der Waals surface area contributed by atoms with E-state index in [0.717, 1.165) is 12.1 Å². The van der Waals surface area contributed by atoms with Crippen LogP contribution in [0.4, 0.5) is 8.78 Å². The molecule has 0 amide bonds. The van der Waals surface area contributed by atoms with Crippen LogP contribution < -0.4 is 0 Å². The Kier molecular flexibility index (Phi) is 4.15. The minimum atomic E-state index is -3.84. The number of hydrogen-bond donors (Lipinski definition) is 1. The third-order valence-electron chi connectivity index (χ3n) is 2.83. The van der Waals surface area contributed by atoms with Crippen LogP contribution in [0.25, 0.3) is 0 Å². The fraction of sp³-hybridized carbons (Fsp3) is 0.143. The van der Waals surface area contributed by atoms with E-state index in [9.17, 15) is 17.2 Å². The topological polar surface area (TPSA) is 54.4 Å². The predicted octanol–water partition coefficient (Wildman–Crippen LogP) is 2.43. The molecule has 0 radical (unpaired) electrons. The van der Waals surface area contributed by atoms with Crippen LogP contribution >= 0.6 is 0 Å². The first-order valence-corrected chi connectivity index (χ1v) is 7.45. The zero-order valence-corrected chi connectivity index (χ0v) is 11.2. The van der Waals surface area contributed by atoms with Gasteiger partial charge in [0.2, 0.25) is 0 Å². The average Bonchev–Trinajstić information content (AvgIpc) is 2.39. The van der Waals surface area contributed by atoms with Crippen LogP contribution in [0.5, 0.6) is 0 Å². The van der Waals surface area contributed by atoms with Gasteiger partial charge < -0.3 is 5.11 Å². The molecule has 0 unspecified atom stereocenters. The lowest BCUT2D eigenvalue weighted by molar-refractivity contribution is 0.268. The Balaban J connectivity index is 2.40. The van der Waals surface area contributed by atoms with E-state index >= 15 is 0 Å². The number of sulfone groups is 1. The van der Waals surface area contributed by atoms with E-state index in [1.54, 1.807) is 30.3 Å². The van der Waals surface area contributed by atoms with Crippen molar-refractivity contribution in [3.63, 3.8) is 0 Å². The first-order chi connectivity index (χ1) is 9.44. The average molecular weight is 298 g/mol. The number of aliphatic hydroxyl groups is 1. The maximum Gasteiger partial charge on any atom is 0.182 e. The number of rotatable bonds is 4. The number of benzene rings is 2. The van der Waals surface area contributed by atoms with Crippen LogP contribution in [-0.4, -0.2) is 13.5 Å². The van der Waals surface area contributed by atoms with Gasteiger partial charge in [-0.2, -0.15) is 0 Å². The molecule has 0 aliphatic heterocycles. The summed E-state index contributed by atoms with van der Waals surface area (Å²) in [6.07, 6.45) is 0. The van der Waals surface area contributed by atoms with Crippen LogP contribution in [-0.2, 0) is 22.2 Å². The smallest absolute Gasteiger partial charge is 0.182 e. The Morgan fingerprint density at radius 1 is 1.00 bits per heavy atom. The van der Waals surface area contributed by atoms with E-state index in [0.29, 0.717) is 5.56 Å². The van der Waals surface area contributed by atoms with Crippen molar-refractivity contribution < 1.29 is 22.3 Å². The highest BCUT2D eigenvalue weighted by Crippen LogP contribution is 2.22. The van der Waals surface area contributed by atoms with Crippen molar-refractivity contribution in [3.8, 4) is 0 Å². The summed E-state index contributed by atoms with van der Waals surface area (Å²) in [4.78, 5) is -0.437. The molecule has 1 N–H and O–H groups in total. The van der Waals surface area contributed by atoms with Gasteiger partial charge in [-0.15, -0.1) is 0 Å². The van der Waals surface area contributed by atoms with E-state index in [1.165, 1.54) is 0 Å². The second-order valence-corrected chi connectivity index (χ2v) is 6.26. The van der Waals surface area contributed by atoms with E-state index in [1.807, 2.05) is 0 Å². The molecule has 2 rings (SSSR count). The van der Waals surface area contributed by atoms with Gasteiger partial charge in [-0.05, 0) is 17.7 Å². The van der Waals surface area contributed by atoms with E-state index in [-0.39, 0.29) is 5.75 Å². The quantitative estimate of drug-likeness (QED) is 0.943. The molecule has 3 nitrogen and oxygen atoms in total. The molecule has 0 fully saturated rings. The van der Waals surface area contributed by atoms with Crippen molar-refractivity contribution in [2.75, 3.05) is 0 Å². The van der Waals surface area contributed by atoms with Gasteiger partial charge in [0, 0.05) is 5.56 Å². The number of aliphatic hydroxyl groups excluding tert-OH is 1. The lowest BCUT2D eigenvalue weighted by atomic mass is 10.2. The maximum atomic E-state index is 13.5. The molecule has 0 heterocycles. The number of hydrogen-bond acceptors (Lipinski definition) is 3. The SMILES string of the molecule is O=S(=O)(Cc1ccccc1)c1cc(F)c(CO)c(F)c1. The minimum Gasteiger partial charge on any atom is -0.391 e. The molecule has 0 aliphatic carbocycles. The summed E-state index contributed by atoms with van der Waals surface area (Å²) in [7, 11) is -3.84. The van der Waals surface area contributed by atoms with Gasteiger partial charge in [-0.25, -0.2) is 17.2 Å². The molecule has 2 aromatic rings. The van der Waals surface area contributed by atoms with Gasteiger partial charge in [0.05, 0.1) is 17.3 Å². The molecular weight excluding hydrogens is 286 g/mol. The highest BCUT2D eigenvalue weighted by atomic mass is 32.2. The van der Waals surface area contributed by atoms with Gasteiger partial charge >= 0.3 is 0 Å². The maximum absolute atomic E-state index is 13.5. The fourth-order valence-corrected chi connectivity index (χ4v) is 3.15. The lowest BCUT2D eigenvalue weighted by Crippen LogP contribution is -2.07. The summed E-state index contributed by atoms with van der Waals surface area (Å²) in [5, 5.41) is 8.80. The minimum absolute atomic E-state index is 0.342. The summed E-state index contributed by atoms with van der Waals surface area (Å²) >= 11 is 0. The van der Waals surface area contributed by atoms with Crippen molar-refractivity contribution in [1.29, 1.82) is 0 Å². The summed E-state index contributed by atoms with van der Waals surface area (Å²) in [6, 6.07) is 9.80. The Morgan fingerprint density at radius 3 is 2.05 bits per heavy atom. The molecule has 6 heteroatoms. The monoisotopic (exact) mass is 298 g/mol. The molecule has 0 atom stereocenters. The Labute approximate surface area is 115 Å². The Bertz CT molecular complexity index is 689. The zero-order chi connectivity index (χ0) is 14.8. The molecule has 0 spiro atoms. The largest absolute Gasteiger partial charge is 0.391 e. The normalized spacial score (nSPS) is 11.6. The standard InChI is InChI=1S/C14H12F2O3S/c15-13-6-11(7-14(16)12(13)8-17)20(18,19)9-10-4-2-1-3-5-10/h1-7,17H,8-9H2. The van der Waals surface area contributed by atoms with Gasteiger partial charge in [0.1, 0.15) is 11.6 Å². The summed E-state index contributed by atoms with van der Waals surface area (Å²) in [6.45, 7) is -0.823. The molecule has 0 aromatic heterocycles. The van der Waals surface area contributed by atoms with Gasteiger partial charge in [0.25, 0.3) is 0 Å². The second-order valence-electron chi connectivity index (χ2n) is 4.27. The summed E-state index contributed by atoms with van der Waals surface area (Å²) in [5.41, 5.74) is -0.0109. The van der Waals surface area contributed by atoms with Crippen LogP contribution in [0.3, 0.4) is 0 Å². The van der Waals surface area contributed by atoms with E-state index in [4.69, 9.17) is 5.11 Å². The van der Waals surface area contributed by atoms with E-state index < -0.39 is 38.5 Å². The van der Waals surface area contributed by atoms with Gasteiger partial charge in [-0.1, -0.05) is 30.3 Å². The summed E-state index contributed by atoms with van der Waals surface area (Å²) in [5.74, 6) is -2.48. The molecule has 106 valence electrons. The Morgan fingerprint density at radius 2 is 1.55 bits per heavy atom. The van der Waals surface area contributed by atoms with Gasteiger partial charge in [-0.3, -0.25) is 0 Å². The van der Waals surface area contributed by atoms with Crippen LogP contribution in [0.2, 0.25) is 0 Å². The molecule has 0 saturated carbocycles. The molecule has 2 aromatic carbocycles. The fourth-order valence-electron chi connectivity index (χ4n) is 1.79. The molecule has 0 saturated heterocycles. The summed E-state index contributed by atoms with van der Waals surface area (Å²) < 4.78 is 51.3. The van der Waals surface area contributed by atoms with Crippen molar-refractivity contribution in [3.05, 3.63) is 65.2 Å². The van der Waals surface area contributed by atoms with Crippen molar-refractivity contribution in [1.82, 2.24) is 0 Å². The van der Waals surface area contributed by atoms with Crippen LogP contribution in [0.1, 0.15) is 11.1 Å².